The van der Waals surface area contributed by atoms with Gasteiger partial charge < -0.3 is 9.84 Å². The molecule has 7 heteroatoms. The molecule has 98 valence electrons. The molecule has 0 aliphatic rings. The van der Waals surface area contributed by atoms with E-state index in [4.69, 9.17) is 4.52 Å². The number of nitrogens with one attached hydrogen (secondary N) is 1. The summed E-state index contributed by atoms with van der Waals surface area (Å²) in [6.45, 7) is 3.24. The van der Waals surface area contributed by atoms with Gasteiger partial charge in [0.1, 0.15) is 17.0 Å². The lowest BCUT2D eigenvalue weighted by Crippen LogP contribution is -2.14. The second-order valence-electron chi connectivity index (χ2n) is 3.93. The van der Waals surface area contributed by atoms with Gasteiger partial charge in [-0.1, -0.05) is 17.3 Å². The molecule has 7 nitrogen and oxygen atoms in total. The lowest BCUT2D eigenvalue weighted by atomic mass is 10.2. The maximum absolute atomic E-state index is 12.1. The molecule has 0 aliphatic carbocycles. The van der Waals surface area contributed by atoms with Crippen LogP contribution >= 0.6 is 0 Å². The molecule has 0 saturated carbocycles. The maximum atomic E-state index is 12.1. The number of hydrogen-bond acceptors (Lipinski definition) is 5. The number of rotatable bonds is 3. The van der Waals surface area contributed by atoms with Crippen LogP contribution in [0, 0.1) is 24.0 Å². The maximum Gasteiger partial charge on any atom is 0.292 e. The zero-order chi connectivity index (χ0) is 14.0. The number of carbonyl (C=O) groups is 1. The van der Waals surface area contributed by atoms with Crippen LogP contribution in [0.4, 0.5) is 11.4 Å². The summed E-state index contributed by atoms with van der Waals surface area (Å²) in [5.74, 6) is -0.112. The lowest BCUT2D eigenvalue weighted by Gasteiger charge is -2.05. The summed E-state index contributed by atoms with van der Waals surface area (Å²) in [5, 5.41) is 17.0. The first-order chi connectivity index (χ1) is 9.00. The smallest absolute Gasteiger partial charge is 0.292 e. The van der Waals surface area contributed by atoms with Gasteiger partial charge in [-0.2, -0.15) is 0 Å². The van der Waals surface area contributed by atoms with Crippen molar-refractivity contribution in [2.75, 3.05) is 5.32 Å². The van der Waals surface area contributed by atoms with E-state index in [0.717, 1.165) is 0 Å². The lowest BCUT2D eigenvalue weighted by molar-refractivity contribution is -0.383. The van der Waals surface area contributed by atoms with Crippen LogP contribution in [0.1, 0.15) is 21.8 Å². The van der Waals surface area contributed by atoms with Crippen LogP contribution in [0.3, 0.4) is 0 Å². The van der Waals surface area contributed by atoms with E-state index in [1.54, 1.807) is 19.9 Å². The first-order valence-corrected chi connectivity index (χ1v) is 5.48. The Balaban J connectivity index is 2.32. The largest absolute Gasteiger partial charge is 0.361 e. The molecule has 0 unspecified atom stereocenters. The zero-order valence-electron chi connectivity index (χ0n) is 10.3. The van der Waals surface area contributed by atoms with Crippen molar-refractivity contribution in [1.29, 1.82) is 0 Å². The van der Waals surface area contributed by atoms with E-state index >= 15 is 0 Å². The monoisotopic (exact) mass is 261 g/mol. The Morgan fingerprint density at radius 1 is 1.37 bits per heavy atom. The number of nitrogens with zero attached hydrogens (tertiary/aromatic N) is 2. The molecule has 0 atom stereocenters. The van der Waals surface area contributed by atoms with E-state index < -0.39 is 10.8 Å². The number of nitro groups is 1. The normalized spacial score (nSPS) is 10.2. The van der Waals surface area contributed by atoms with E-state index in [1.807, 2.05) is 0 Å². The Kier molecular flexibility index (Phi) is 3.28. The minimum absolute atomic E-state index is 0.137. The van der Waals surface area contributed by atoms with Crippen molar-refractivity contribution in [2.45, 2.75) is 13.8 Å². The zero-order valence-corrected chi connectivity index (χ0v) is 10.3. The fourth-order valence-electron chi connectivity index (χ4n) is 1.73. The minimum atomic E-state index is -0.553. The highest BCUT2D eigenvalue weighted by Crippen LogP contribution is 2.24. The van der Waals surface area contributed by atoms with Crippen molar-refractivity contribution in [3.8, 4) is 0 Å². The van der Waals surface area contributed by atoms with Crippen molar-refractivity contribution in [1.82, 2.24) is 5.16 Å². The van der Waals surface area contributed by atoms with E-state index in [-0.39, 0.29) is 16.9 Å². The van der Waals surface area contributed by atoms with Gasteiger partial charge in [0.05, 0.1) is 10.6 Å². The van der Waals surface area contributed by atoms with Crippen molar-refractivity contribution in [3.05, 3.63) is 51.4 Å². The first-order valence-electron chi connectivity index (χ1n) is 5.48. The highest BCUT2D eigenvalue weighted by molar-refractivity contribution is 6.06. The topological polar surface area (TPSA) is 98.3 Å². The van der Waals surface area contributed by atoms with Crippen molar-refractivity contribution >= 4 is 17.3 Å². The van der Waals surface area contributed by atoms with Crippen LogP contribution in [-0.2, 0) is 0 Å². The Bertz CT molecular complexity index is 629. The molecule has 1 aromatic heterocycles. The van der Waals surface area contributed by atoms with Gasteiger partial charge in [-0.15, -0.1) is 0 Å². The third kappa shape index (κ3) is 2.44. The predicted octanol–water partition coefficient (Wildman–Crippen LogP) is 2.45. The van der Waals surface area contributed by atoms with E-state index in [1.165, 1.54) is 18.2 Å². The van der Waals surface area contributed by atoms with Gasteiger partial charge >= 0.3 is 0 Å². The number of para-hydroxylation sites is 2. The van der Waals surface area contributed by atoms with Crippen LogP contribution in [-0.4, -0.2) is 16.0 Å². The van der Waals surface area contributed by atoms with Crippen molar-refractivity contribution < 1.29 is 14.2 Å². The summed E-state index contributed by atoms with van der Waals surface area (Å²) >= 11 is 0. The molecule has 0 saturated heterocycles. The molecular formula is C12H11N3O4. The molecule has 1 aromatic carbocycles. The van der Waals surface area contributed by atoms with Crippen LogP contribution < -0.4 is 5.32 Å². The highest BCUT2D eigenvalue weighted by atomic mass is 16.6. The Morgan fingerprint density at radius 3 is 2.63 bits per heavy atom. The van der Waals surface area contributed by atoms with Gasteiger partial charge in [0, 0.05) is 6.07 Å². The van der Waals surface area contributed by atoms with Crippen molar-refractivity contribution in [2.24, 2.45) is 0 Å². The Hall–Kier alpha value is -2.70. The molecule has 0 aliphatic heterocycles. The van der Waals surface area contributed by atoms with Gasteiger partial charge in [-0.05, 0) is 19.9 Å². The van der Waals surface area contributed by atoms with Crippen LogP contribution in [0.2, 0.25) is 0 Å². The number of benzene rings is 1. The summed E-state index contributed by atoms with van der Waals surface area (Å²) in [5.41, 5.74) is 0.701. The summed E-state index contributed by atoms with van der Waals surface area (Å²) in [4.78, 5) is 22.4. The predicted molar refractivity (Wildman–Crippen MR) is 67.0 cm³/mol. The SMILES string of the molecule is Cc1noc(C)c1C(=O)Nc1ccccc1[N+](=O)[O-]. The first kappa shape index (κ1) is 12.7. The summed E-state index contributed by atoms with van der Waals surface area (Å²) < 4.78 is 4.89. The van der Waals surface area contributed by atoms with Crippen LogP contribution in [0.25, 0.3) is 0 Å². The van der Waals surface area contributed by atoms with Crippen LogP contribution in [0.5, 0.6) is 0 Å². The second kappa shape index (κ2) is 4.89. The molecule has 0 spiro atoms. The van der Waals surface area contributed by atoms with Crippen LogP contribution in [0.15, 0.2) is 28.8 Å². The fourth-order valence-corrected chi connectivity index (χ4v) is 1.73. The number of hydrogen-bond donors (Lipinski definition) is 1. The quantitative estimate of drug-likeness (QED) is 0.675. The molecule has 1 amide bonds. The third-order valence-electron chi connectivity index (χ3n) is 2.61. The average Bonchev–Trinajstić information content (AvgIpc) is 2.69. The molecule has 0 fully saturated rings. The molecular weight excluding hydrogens is 250 g/mol. The van der Waals surface area contributed by atoms with Gasteiger partial charge in [0.15, 0.2) is 0 Å². The van der Waals surface area contributed by atoms with Gasteiger partial charge in [0.25, 0.3) is 11.6 Å². The van der Waals surface area contributed by atoms with E-state index in [9.17, 15) is 14.9 Å². The van der Waals surface area contributed by atoms with Gasteiger partial charge in [-0.3, -0.25) is 14.9 Å². The summed E-state index contributed by atoms with van der Waals surface area (Å²) in [6.07, 6.45) is 0. The standard InChI is InChI=1S/C12H11N3O4/c1-7-11(8(2)19-14-7)12(16)13-9-5-3-4-6-10(9)15(17)18/h3-6H,1-2H3,(H,13,16). The summed E-state index contributed by atoms with van der Waals surface area (Å²) in [7, 11) is 0. The third-order valence-corrected chi connectivity index (χ3v) is 2.61. The average molecular weight is 261 g/mol. The minimum Gasteiger partial charge on any atom is -0.361 e. The molecule has 1 heterocycles. The molecule has 19 heavy (non-hydrogen) atoms. The number of aromatic nitrogens is 1. The molecule has 0 radical (unpaired) electrons. The van der Waals surface area contributed by atoms with E-state index in [2.05, 4.69) is 10.5 Å². The van der Waals surface area contributed by atoms with Gasteiger partial charge in [-0.25, -0.2) is 0 Å². The second-order valence-corrected chi connectivity index (χ2v) is 3.93. The Labute approximate surface area is 108 Å². The number of anilines is 1. The van der Waals surface area contributed by atoms with Crippen molar-refractivity contribution in [3.63, 3.8) is 0 Å². The van der Waals surface area contributed by atoms with Gasteiger partial charge in [0.2, 0.25) is 0 Å². The number of aryl methyl sites for hydroxylation is 2. The molecule has 0 bridgehead atoms. The summed E-state index contributed by atoms with van der Waals surface area (Å²) in [6, 6.07) is 5.93. The number of amides is 1. The molecule has 1 N–H and O–H groups in total. The molecule has 2 aromatic rings. The Morgan fingerprint density at radius 2 is 2.05 bits per heavy atom. The van der Waals surface area contributed by atoms with E-state index in [0.29, 0.717) is 11.5 Å². The number of carbonyl (C=O) groups excluding carboxylic acids is 1. The molecule has 2 rings (SSSR count). The number of nitro benzene ring substituents is 1. The fraction of sp³-hybridized carbons (Fsp3) is 0.167. The highest BCUT2D eigenvalue weighted by Gasteiger charge is 2.20.